The van der Waals surface area contributed by atoms with Crippen LogP contribution in [-0.2, 0) is 4.79 Å². The summed E-state index contributed by atoms with van der Waals surface area (Å²) in [7, 11) is 0. The average Bonchev–Trinajstić information content (AvgIpc) is 3.04. The Morgan fingerprint density at radius 1 is 0.889 bits per heavy atom. The lowest BCUT2D eigenvalue weighted by Crippen LogP contribution is -2.45. The van der Waals surface area contributed by atoms with Gasteiger partial charge in [-0.15, -0.1) is 0 Å². The second-order valence-electron chi connectivity index (χ2n) is 8.26. The van der Waals surface area contributed by atoms with Crippen molar-refractivity contribution >= 4 is 11.6 Å². The number of rotatable bonds is 5. The molecule has 3 nitrogen and oxygen atoms in total. The smallest absolute Gasteiger partial charge is 0.233 e. The van der Waals surface area contributed by atoms with Gasteiger partial charge in [0.05, 0.1) is 5.41 Å². The van der Waals surface area contributed by atoms with Crippen LogP contribution in [0.3, 0.4) is 0 Å². The Morgan fingerprint density at radius 2 is 1.48 bits per heavy atom. The van der Waals surface area contributed by atoms with Gasteiger partial charge in [0.15, 0.2) is 0 Å². The Morgan fingerprint density at radius 3 is 2.15 bits per heavy atom. The standard InChI is InChI=1S/C24H30N2O/c1-20(21-8-4-2-5-9-21)12-16-25-17-13-24(14-18-25)15-19-26(23(24)27)22-10-6-3-7-11-22/h2-11,20H,12-19H2,1H3. The molecule has 27 heavy (non-hydrogen) atoms. The van der Waals surface area contributed by atoms with E-state index in [0.717, 1.165) is 51.1 Å². The second kappa shape index (κ2) is 7.85. The summed E-state index contributed by atoms with van der Waals surface area (Å²) in [4.78, 5) is 17.7. The third-order valence-corrected chi connectivity index (χ3v) is 6.64. The van der Waals surface area contributed by atoms with Gasteiger partial charge >= 0.3 is 0 Å². The van der Waals surface area contributed by atoms with Crippen molar-refractivity contribution in [3.8, 4) is 0 Å². The molecule has 1 unspecified atom stereocenters. The number of amides is 1. The fraction of sp³-hybridized carbons (Fsp3) is 0.458. The molecule has 2 aromatic carbocycles. The molecule has 1 amide bonds. The van der Waals surface area contributed by atoms with Crippen LogP contribution < -0.4 is 4.90 Å². The van der Waals surface area contributed by atoms with E-state index in [4.69, 9.17) is 0 Å². The Labute approximate surface area is 163 Å². The molecule has 2 aliphatic heterocycles. The van der Waals surface area contributed by atoms with Crippen LogP contribution in [0, 0.1) is 5.41 Å². The van der Waals surface area contributed by atoms with Crippen LogP contribution in [-0.4, -0.2) is 37.0 Å². The summed E-state index contributed by atoms with van der Waals surface area (Å²) in [6.07, 6.45) is 4.21. The molecule has 2 aliphatic rings. The Balaban J connectivity index is 1.31. The zero-order valence-corrected chi connectivity index (χ0v) is 16.3. The Bertz CT molecular complexity index is 750. The molecule has 0 saturated carbocycles. The molecule has 0 aliphatic carbocycles. The van der Waals surface area contributed by atoms with Gasteiger partial charge in [0.25, 0.3) is 0 Å². The van der Waals surface area contributed by atoms with Gasteiger partial charge in [0.1, 0.15) is 0 Å². The molecule has 0 N–H and O–H groups in total. The highest BCUT2D eigenvalue weighted by molar-refractivity contribution is 5.99. The van der Waals surface area contributed by atoms with Crippen molar-refractivity contribution in [2.45, 2.75) is 38.5 Å². The lowest BCUT2D eigenvalue weighted by atomic mass is 9.77. The van der Waals surface area contributed by atoms with E-state index in [0.29, 0.717) is 11.8 Å². The first-order valence-corrected chi connectivity index (χ1v) is 10.3. The maximum atomic E-state index is 13.1. The third-order valence-electron chi connectivity index (χ3n) is 6.64. The van der Waals surface area contributed by atoms with Crippen LogP contribution in [0.4, 0.5) is 5.69 Å². The van der Waals surface area contributed by atoms with Gasteiger partial charge in [-0.1, -0.05) is 55.5 Å². The van der Waals surface area contributed by atoms with Crippen molar-refractivity contribution in [2.24, 2.45) is 5.41 Å². The normalized spacial score (nSPS) is 20.9. The summed E-state index contributed by atoms with van der Waals surface area (Å²) in [6, 6.07) is 20.9. The van der Waals surface area contributed by atoms with Crippen molar-refractivity contribution in [1.29, 1.82) is 0 Å². The van der Waals surface area contributed by atoms with E-state index in [1.807, 2.05) is 23.1 Å². The first kappa shape index (κ1) is 18.2. The molecule has 2 fully saturated rings. The SMILES string of the molecule is CC(CCN1CCC2(CC1)CCN(c1ccccc1)C2=O)c1ccccc1. The minimum Gasteiger partial charge on any atom is -0.312 e. The van der Waals surface area contributed by atoms with Crippen LogP contribution in [0.25, 0.3) is 0 Å². The monoisotopic (exact) mass is 362 g/mol. The fourth-order valence-corrected chi connectivity index (χ4v) is 4.67. The van der Waals surface area contributed by atoms with E-state index in [9.17, 15) is 4.79 Å². The number of nitrogens with zero attached hydrogens (tertiary/aromatic N) is 2. The van der Waals surface area contributed by atoms with Gasteiger partial charge in [-0.25, -0.2) is 0 Å². The number of anilines is 1. The maximum absolute atomic E-state index is 13.1. The average molecular weight is 363 g/mol. The first-order valence-electron chi connectivity index (χ1n) is 10.3. The molecular weight excluding hydrogens is 332 g/mol. The van der Waals surface area contributed by atoms with Crippen LogP contribution in [0.5, 0.6) is 0 Å². The predicted octanol–water partition coefficient (Wildman–Crippen LogP) is 4.70. The molecular formula is C24H30N2O. The predicted molar refractivity (Wildman–Crippen MR) is 111 cm³/mol. The fourth-order valence-electron chi connectivity index (χ4n) is 4.67. The van der Waals surface area contributed by atoms with Crippen molar-refractivity contribution < 1.29 is 4.79 Å². The topological polar surface area (TPSA) is 23.6 Å². The van der Waals surface area contributed by atoms with E-state index >= 15 is 0 Å². The Kier molecular flexibility index (Phi) is 5.31. The van der Waals surface area contributed by atoms with E-state index in [1.54, 1.807) is 0 Å². The van der Waals surface area contributed by atoms with Crippen molar-refractivity contribution in [3.05, 3.63) is 66.2 Å². The number of benzene rings is 2. The first-order chi connectivity index (χ1) is 13.2. The Hall–Kier alpha value is -2.13. The van der Waals surface area contributed by atoms with E-state index in [1.165, 1.54) is 12.0 Å². The molecule has 4 rings (SSSR count). The van der Waals surface area contributed by atoms with Crippen molar-refractivity contribution in [2.75, 3.05) is 31.1 Å². The number of para-hydroxylation sites is 1. The maximum Gasteiger partial charge on any atom is 0.233 e. The van der Waals surface area contributed by atoms with E-state index < -0.39 is 0 Å². The molecule has 3 heteroatoms. The summed E-state index contributed by atoms with van der Waals surface area (Å²) in [5, 5.41) is 0. The quantitative estimate of drug-likeness (QED) is 0.770. The van der Waals surface area contributed by atoms with Crippen LogP contribution in [0.2, 0.25) is 0 Å². The number of carbonyl (C=O) groups is 1. The number of hydrogen-bond acceptors (Lipinski definition) is 2. The van der Waals surface area contributed by atoms with E-state index in [2.05, 4.69) is 54.3 Å². The highest BCUT2D eigenvalue weighted by Gasteiger charge is 2.48. The lowest BCUT2D eigenvalue weighted by molar-refractivity contribution is -0.128. The molecule has 0 aromatic heterocycles. The third kappa shape index (κ3) is 3.79. The largest absolute Gasteiger partial charge is 0.312 e. The van der Waals surface area contributed by atoms with Crippen LogP contribution in [0.1, 0.15) is 44.1 Å². The highest BCUT2D eigenvalue weighted by Crippen LogP contribution is 2.43. The number of likely N-dealkylation sites (tertiary alicyclic amines) is 1. The number of piperidine rings is 1. The van der Waals surface area contributed by atoms with E-state index in [-0.39, 0.29) is 5.41 Å². The summed E-state index contributed by atoms with van der Waals surface area (Å²) in [5.41, 5.74) is 2.37. The van der Waals surface area contributed by atoms with Gasteiger partial charge in [-0.2, -0.15) is 0 Å². The highest BCUT2D eigenvalue weighted by atomic mass is 16.2. The summed E-state index contributed by atoms with van der Waals surface area (Å²) in [6.45, 7) is 6.42. The molecule has 1 atom stereocenters. The molecule has 0 bridgehead atoms. The van der Waals surface area contributed by atoms with Crippen molar-refractivity contribution in [1.82, 2.24) is 4.90 Å². The van der Waals surface area contributed by atoms with Gasteiger partial charge in [0.2, 0.25) is 5.91 Å². The number of hydrogen-bond donors (Lipinski definition) is 0. The zero-order chi connectivity index (χ0) is 18.7. The van der Waals surface area contributed by atoms with Gasteiger partial charge in [0, 0.05) is 12.2 Å². The number of carbonyl (C=O) groups excluding carboxylic acids is 1. The second-order valence-corrected chi connectivity index (χ2v) is 8.26. The van der Waals surface area contributed by atoms with Gasteiger partial charge in [-0.05, 0) is 68.9 Å². The summed E-state index contributed by atoms with van der Waals surface area (Å²) >= 11 is 0. The minimum atomic E-state index is -0.114. The zero-order valence-electron chi connectivity index (χ0n) is 16.3. The lowest BCUT2D eigenvalue weighted by Gasteiger charge is -2.38. The molecule has 142 valence electrons. The van der Waals surface area contributed by atoms with Gasteiger partial charge in [-0.3, -0.25) is 4.79 Å². The van der Waals surface area contributed by atoms with Crippen molar-refractivity contribution in [3.63, 3.8) is 0 Å². The molecule has 1 spiro atoms. The van der Waals surface area contributed by atoms with Crippen LogP contribution in [0.15, 0.2) is 60.7 Å². The molecule has 2 saturated heterocycles. The molecule has 0 radical (unpaired) electrons. The molecule has 2 aromatic rings. The summed E-state index contributed by atoms with van der Waals surface area (Å²) < 4.78 is 0. The minimum absolute atomic E-state index is 0.114. The summed E-state index contributed by atoms with van der Waals surface area (Å²) in [5.74, 6) is 0.940. The molecule has 2 heterocycles. The van der Waals surface area contributed by atoms with Crippen LogP contribution >= 0.6 is 0 Å². The van der Waals surface area contributed by atoms with Gasteiger partial charge < -0.3 is 9.80 Å².